The summed E-state index contributed by atoms with van der Waals surface area (Å²) in [6, 6.07) is -0.932. The van der Waals surface area contributed by atoms with Crippen molar-refractivity contribution in [1.29, 1.82) is 0 Å². The number of quaternary nitrogens is 4. The van der Waals surface area contributed by atoms with E-state index in [1.807, 2.05) is 0 Å². The Morgan fingerprint density at radius 2 is 1.50 bits per heavy atom. The van der Waals surface area contributed by atoms with Crippen LogP contribution in [0.25, 0.3) is 0 Å². The number of nitrogens with zero attached hydrogens (tertiary/aromatic N) is 2. The Bertz CT molecular complexity index is 1450. The first-order valence-corrected chi connectivity index (χ1v) is 18.2. The number of anilines is 1. The molecule has 19 atom stereocenters. The Morgan fingerprint density at radius 1 is 0.885 bits per heavy atom. The molecule has 52 heavy (non-hydrogen) atoms. The van der Waals surface area contributed by atoms with E-state index in [-0.39, 0.29) is 25.2 Å². The molecule has 24 nitrogen and oxygen atoms in total. The van der Waals surface area contributed by atoms with Crippen molar-refractivity contribution < 1.29 is 101 Å². The maximum Gasteiger partial charge on any atom is 0.351 e. The van der Waals surface area contributed by atoms with E-state index < -0.39 is 137 Å². The third-order valence-electron chi connectivity index (χ3n) is 9.76. The van der Waals surface area contributed by atoms with Crippen LogP contribution in [0, 0.1) is 0 Å². The normalized spacial score (nSPS) is 45.5. The van der Waals surface area contributed by atoms with Gasteiger partial charge in [0, 0.05) is 12.6 Å². The van der Waals surface area contributed by atoms with Gasteiger partial charge in [0.25, 0.3) is 7.82 Å². The van der Waals surface area contributed by atoms with Gasteiger partial charge in [0.2, 0.25) is 0 Å². The van der Waals surface area contributed by atoms with Crippen molar-refractivity contribution in [3.05, 3.63) is 22.7 Å². The van der Waals surface area contributed by atoms with Crippen LogP contribution in [0.2, 0.25) is 0 Å². The molecule has 0 bridgehead atoms. The molecule has 4 fully saturated rings. The quantitative estimate of drug-likeness (QED) is 0.0877. The van der Waals surface area contributed by atoms with Crippen molar-refractivity contribution in [2.45, 2.75) is 123 Å². The van der Waals surface area contributed by atoms with Crippen molar-refractivity contribution >= 4 is 13.6 Å². The Kier molecular flexibility index (Phi) is 13.4. The smallest absolute Gasteiger partial charge is 0.351 e. The molecule has 0 radical (unpaired) electrons. The molecule has 1 aromatic heterocycles. The summed E-state index contributed by atoms with van der Waals surface area (Å²) in [5.74, 6) is -0.0223. The molecule has 4 heterocycles. The zero-order chi connectivity index (χ0) is 38.2. The lowest BCUT2D eigenvalue weighted by atomic mass is 9.84. The summed E-state index contributed by atoms with van der Waals surface area (Å²) in [6.07, 6.45) is -19.7. The molecule has 1 aromatic rings. The summed E-state index contributed by atoms with van der Waals surface area (Å²) >= 11 is 0. The molecule has 4 aliphatic rings. The molecular weight excluding hydrogens is 725 g/mol. The van der Waals surface area contributed by atoms with E-state index in [2.05, 4.69) is 27.9 Å². The Balaban J connectivity index is 1.19. The monoisotopic (exact) mass is 776 g/mol. The summed E-state index contributed by atoms with van der Waals surface area (Å²) in [5, 5.41) is 74.2. The molecule has 3 saturated heterocycles. The lowest BCUT2D eigenvalue weighted by Gasteiger charge is -2.46. The van der Waals surface area contributed by atoms with Crippen LogP contribution in [0.4, 0.5) is 5.82 Å². The molecule has 298 valence electrons. The van der Waals surface area contributed by atoms with Crippen molar-refractivity contribution in [3.8, 4) is 0 Å². The molecule has 0 spiro atoms. The summed E-state index contributed by atoms with van der Waals surface area (Å²) < 4.78 is 52.7. The standard InChI is InChI=1S/C27H48N7O17P/c28-5-11-24(51-52(43,44)45-7-13-10(36)4-15(46-13)34-2-1-14(31)33-27(34)42)19(39)20(40)26(47-11)50-23-9(30)3-8(29)22(21(23)41)49-25-18(38)16(32)17(37)12(6-35)48-25/h1-2,8-13,15-26,35-41H,3-7,28-30,32H2,(H,43,44)(H2,31,33,42)/p+3/t8-,9+,10+,11-,12-,13-,15-,16+,17-,18-,19-,20-,21-,22+,23-,24-,25-,26-/m1/s1. The second-order valence-electron chi connectivity index (χ2n) is 13.4. The van der Waals surface area contributed by atoms with Crippen LogP contribution < -0.4 is 39.3 Å². The average Bonchev–Trinajstić information content (AvgIpc) is 3.46. The summed E-state index contributed by atoms with van der Waals surface area (Å²) in [4.78, 5) is 28.6. The minimum Gasteiger partial charge on any atom is -0.756 e. The van der Waals surface area contributed by atoms with Gasteiger partial charge in [-0.3, -0.25) is 9.13 Å². The van der Waals surface area contributed by atoms with Gasteiger partial charge in [0.15, 0.2) is 18.7 Å². The van der Waals surface area contributed by atoms with E-state index in [4.69, 9.17) is 38.5 Å². The Morgan fingerprint density at radius 3 is 2.10 bits per heavy atom. The number of aromatic nitrogens is 2. The number of phosphoric acid groups is 1. The van der Waals surface area contributed by atoms with Crippen LogP contribution >= 0.6 is 7.82 Å². The van der Waals surface area contributed by atoms with Crippen LogP contribution in [0.1, 0.15) is 19.1 Å². The SMILES string of the molecule is Nc1ccn([C@H]2C[C@H](O)[C@@H](COP(=O)([O-])O[C@H]3[C@H](O)[C@@H](O)[C@@H](O[C@H]4[C@H](O)[C@@H](O[C@H]5O[C@H](CO)[C@@H](O)[C@H]([NH3+])[C@H]5O)[C@H]([NH3+])C[C@@H]4[NH3+])O[C@@H]3C[NH3+])O2)c(=O)n1. The largest absolute Gasteiger partial charge is 0.756 e. The number of hydrogen-bond acceptors (Lipinski definition) is 19. The maximum absolute atomic E-state index is 12.9. The summed E-state index contributed by atoms with van der Waals surface area (Å²) in [7, 11) is -5.29. The second kappa shape index (κ2) is 16.9. The fraction of sp³-hybridized carbons (Fsp3) is 0.852. The molecular formula is C27H51N7O17P+3. The van der Waals surface area contributed by atoms with Crippen LogP contribution in [0.3, 0.4) is 0 Å². The predicted octanol–water partition coefficient (Wildman–Crippen LogP) is -11.2. The van der Waals surface area contributed by atoms with Gasteiger partial charge in [0.1, 0.15) is 97.8 Å². The highest BCUT2D eigenvalue weighted by atomic mass is 31.2. The van der Waals surface area contributed by atoms with Gasteiger partial charge < -0.3 is 102 Å². The van der Waals surface area contributed by atoms with E-state index >= 15 is 0 Å². The number of nitrogen functional groups attached to an aromatic ring is 1. The first kappa shape index (κ1) is 41.3. The fourth-order valence-electron chi connectivity index (χ4n) is 6.78. The molecule has 1 unspecified atom stereocenters. The van der Waals surface area contributed by atoms with Crippen LogP contribution in [0.5, 0.6) is 0 Å². The maximum atomic E-state index is 12.9. The first-order valence-electron chi connectivity index (χ1n) is 16.7. The first-order chi connectivity index (χ1) is 24.5. The number of aliphatic hydroxyl groups excluding tert-OH is 7. The number of aliphatic hydroxyl groups is 7. The number of nitrogens with two attached hydrogens (primary N) is 1. The Hall–Kier alpha value is -1.85. The molecule has 25 heteroatoms. The minimum absolute atomic E-state index is 0.0223. The van der Waals surface area contributed by atoms with Gasteiger partial charge in [-0.05, 0) is 6.07 Å². The third kappa shape index (κ3) is 8.82. The predicted molar refractivity (Wildman–Crippen MR) is 162 cm³/mol. The third-order valence-corrected chi connectivity index (χ3v) is 10.7. The molecule has 0 amide bonds. The molecule has 1 saturated carbocycles. The van der Waals surface area contributed by atoms with Gasteiger partial charge in [-0.2, -0.15) is 4.98 Å². The van der Waals surface area contributed by atoms with Gasteiger partial charge in [-0.15, -0.1) is 0 Å². The Labute approximate surface area is 295 Å². The van der Waals surface area contributed by atoms with Crippen molar-refractivity contribution in [2.24, 2.45) is 0 Å². The molecule has 3 aliphatic heterocycles. The zero-order valence-corrected chi connectivity index (χ0v) is 28.9. The minimum atomic E-state index is -5.29. The summed E-state index contributed by atoms with van der Waals surface area (Å²) in [5.41, 5.74) is 20.2. The highest BCUT2D eigenvalue weighted by Gasteiger charge is 2.55. The van der Waals surface area contributed by atoms with Gasteiger partial charge in [0.05, 0.1) is 25.7 Å². The highest BCUT2D eigenvalue weighted by molar-refractivity contribution is 7.45. The molecule has 21 N–H and O–H groups in total. The zero-order valence-electron chi connectivity index (χ0n) is 28.0. The number of ether oxygens (including phenoxy) is 5. The second-order valence-corrected chi connectivity index (χ2v) is 14.8. The fourth-order valence-corrected chi connectivity index (χ4v) is 7.73. The van der Waals surface area contributed by atoms with Crippen molar-refractivity contribution in [3.63, 3.8) is 0 Å². The average molecular weight is 777 g/mol. The van der Waals surface area contributed by atoms with Crippen molar-refractivity contribution in [2.75, 3.05) is 25.5 Å². The van der Waals surface area contributed by atoms with Crippen LogP contribution in [0.15, 0.2) is 17.1 Å². The van der Waals surface area contributed by atoms with E-state index in [0.717, 1.165) is 4.57 Å². The van der Waals surface area contributed by atoms with Gasteiger partial charge in [-0.25, -0.2) is 4.79 Å². The highest BCUT2D eigenvalue weighted by Crippen LogP contribution is 2.44. The van der Waals surface area contributed by atoms with E-state index in [9.17, 15) is 50.0 Å². The lowest BCUT2D eigenvalue weighted by molar-refractivity contribution is -0.525. The van der Waals surface area contributed by atoms with Gasteiger partial charge in [-0.1, -0.05) is 0 Å². The molecule has 5 rings (SSSR count). The van der Waals surface area contributed by atoms with Crippen LogP contribution in [-0.4, -0.2) is 169 Å². The van der Waals surface area contributed by atoms with Gasteiger partial charge >= 0.3 is 5.69 Å². The number of rotatable bonds is 12. The molecule has 0 aromatic carbocycles. The van der Waals surface area contributed by atoms with Crippen molar-refractivity contribution in [1.82, 2.24) is 9.55 Å². The lowest BCUT2D eigenvalue weighted by Crippen LogP contribution is -2.83. The van der Waals surface area contributed by atoms with E-state index in [0.29, 0.717) is 0 Å². The van der Waals surface area contributed by atoms with E-state index in [1.165, 1.54) is 12.3 Å². The number of hydrogen-bond donors (Lipinski definition) is 12. The van der Waals surface area contributed by atoms with Crippen LogP contribution in [-0.2, 0) is 37.3 Å². The number of phosphoric ester groups is 1. The summed E-state index contributed by atoms with van der Waals surface area (Å²) in [6.45, 7) is -1.52. The topological polar surface area (TPSA) is 418 Å². The van der Waals surface area contributed by atoms with E-state index in [1.54, 1.807) is 0 Å². The molecule has 1 aliphatic carbocycles.